The number of amides is 2. The van der Waals surface area contributed by atoms with E-state index in [1.54, 1.807) is 0 Å². The van der Waals surface area contributed by atoms with Crippen molar-refractivity contribution in [1.29, 1.82) is 0 Å². The van der Waals surface area contributed by atoms with Crippen molar-refractivity contribution in [3.05, 3.63) is 69.3 Å². The molecule has 6 nitrogen and oxygen atoms in total. The Balaban J connectivity index is 1.92. The number of hydrogen-bond acceptors (Lipinski definition) is 5. The summed E-state index contributed by atoms with van der Waals surface area (Å²) < 4.78 is 1.03. The maximum atomic E-state index is 12.3. The van der Waals surface area contributed by atoms with Crippen LogP contribution in [0.3, 0.4) is 0 Å². The lowest BCUT2D eigenvalue weighted by molar-refractivity contribution is -0.384. The number of hydrogen-bond donors (Lipinski definition) is 0. The molecular formula is C15H10N2O4S. The van der Waals surface area contributed by atoms with Crippen LogP contribution in [0.25, 0.3) is 0 Å². The number of nitro groups is 1. The summed E-state index contributed by atoms with van der Waals surface area (Å²) in [5.41, 5.74) is 1.12. The van der Waals surface area contributed by atoms with E-state index in [1.807, 2.05) is 31.2 Å². The van der Waals surface area contributed by atoms with Gasteiger partial charge in [0.25, 0.3) is 17.5 Å². The second-order valence-corrected chi connectivity index (χ2v) is 5.82. The van der Waals surface area contributed by atoms with E-state index in [1.165, 1.54) is 12.1 Å². The summed E-state index contributed by atoms with van der Waals surface area (Å²) in [6.07, 6.45) is 0. The summed E-state index contributed by atoms with van der Waals surface area (Å²) in [7, 11) is 0. The average Bonchev–Trinajstić information content (AvgIpc) is 2.74. The zero-order chi connectivity index (χ0) is 15.9. The van der Waals surface area contributed by atoms with Crippen LogP contribution in [-0.2, 0) is 0 Å². The molecule has 0 unspecified atom stereocenters. The molecule has 1 aliphatic heterocycles. The van der Waals surface area contributed by atoms with Crippen molar-refractivity contribution in [2.45, 2.75) is 11.8 Å². The van der Waals surface area contributed by atoms with Gasteiger partial charge in [0.1, 0.15) is 0 Å². The van der Waals surface area contributed by atoms with Crippen molar-refractivity contribution in [3.63, 3.8) is 0 Å². The lowest BCUT2D eigenvalue weighted by Crippen LogP contribution is -2.21. The number of benzene rings is 2. The number of rotatable bonds is 3. The van der Waals surface area contributed by atoms with Crippen LogP contribution in [0.4, 0.5) is 5.69 Å². The minimum Gasteiger partial charge on any atom is -0.268 e. The Hall–Kier alpha value is -2.67. The molecule has 7 heteroatoms. The maximum Gasteiger partial charge on any atom is 0.272 e. The summed E-state index contributed by atoms with van der Waals surface area (Å²) in [4.78, 5) is 35.5. The SMILES string of the molecule is Cc1ccc(SN2C(=O)c3ccc([N+](=O)[O-])cc3C2=O)cc1. The Kier molecular flexibility index (Phi) is 3.42. The highest BCUT2D eigenvalue weighted by molar-refractivity contribution is 7.98. The van der Waals surface area contributed by atoms with Crippen LogP contribution in [0, 0.1) is 17.0 Å². The monoisotopic (exact) mass is 314 g/mol. The molecule has 2 amide bonds. The molecule has 1 aliphatic rings. The summed E-state index contributed by atoms with van der Waals surface area (Å²) >= 11 is 1.01. The Morgan fingerprint density at radius 2 is 1.64 bits per heavy atom. The van der Waals surface area contributed by atoms with E-state index < -0.39 is 16.7 Å². The molecule has 110 valence electrons. The van der Waals surface area contributed by atoms with Gasteiger partial charge < -0.3 is 0 Å². The third-order valence-electron chi connectivity index (χ3n) is 3.26. The molecule has 2 aromatic rings. The zero-order valence-corrected chi connectivity index (χ0v) is 12.3. The van der Waals surface area contributed by atoms with E-state index in [-0.39, 0.29) is 16.8 Å². The minimum absolute atomic E-state index is 0.0683. The van der Waals surface area contributed by atoms with Gasteiger partial charge in [0.05, 0.1) is 16.1 Å². The van der Waals surface area contributed by atoms with Crippen molar-refractivity contribution in [3.8, 4) is 0 Å². The molecule has 0 spiro atoms. The van der Waals surface area contributed by atoms with Gasteiger partial charge >= 0.3 is 0 Å². The molecule has 0 saturated heterocycles. The largest absolute Gasteiger partial charge is 0.272 e. The van der Waals surface area contributed by atoms with Gasteiger partial charge in [0.2, 0.25) is 0 Å². The fourth-order valence-electron chi connectivity index (χ4n) is 2.11. The smallest absolute Gasteiger partial charge is 0.268 e. The van der Waals surface area contributed by atoms with Gasteiger partial charge in [-0.05, 0) is 37.1 Å². The quantitative estimate of drug-likeness (QED) is 0.376. The minimum atomic E-state index is -0.589. The van der Waals surface area contributed by atoms with E-state index in [9.17, 15) is 19.7 Å². The number of fused-ring (bicyclic) bond motifs is 1. The van der Waals surface area contributed by atoms with Gasteiger partial charge in [-0.15, -0.1) is 0 Å². The standard InChI is InChI=1S/C15H10N2O4S/c1-9-2-5-11(6-3-9)22-16-14(18)12-7-4-10(17(20)21)8-13(12)15(16)19/h2-8H,1H3. The molecule has 0 bridgehead atoms. The first-order valence-corrected chi connectivity index (χ1v) is 7.16. The first kappa shape index (κ1) is 14.3. The molecule has 0 aliphatic carbocycles. The highest BCUT2D eigenvalue weighted by atomic mass is 32.2. The van der Waals surface area contributed by atoms with Gasteiger partial charge in [0.15, 0.2) is 0 Å². The second-order valence-electron chi connectivity index (χ2n) is 4.80. The van der Waals surface area contributed by atoms with Crippen LogP contribution < -0.4 is 0 Å². The Bertz CT molecular complexity index is 802. The summed E-state index contributed by atoms with van der Waals surface area (Å²) in [6.45, 7) is 1.94. The lowest BCUT2D eigenvalue weighted by Gasteiger charge is -2.11. The molecule has 0 atom stereocenters. The van der Waals surface area contributed by atoms with E-state index >= 15 is 0 Å². The second kappa shape index (κ2) is 5.27. The number of nitro benzene ring substituents is 1. The van der Waals surface area contributed by atoms with Gasteiger partial charge in [-0.25, -0.2) is 4.31 Å². The van der Waals surface area contributed by atoms with Crippen LogP contribution in [0.5, 0.6) is 0 Å². The van der Waals surface area contributed by atoms with Crippen LogP contribution in [0.2, 0.25) is 0 Å². The van der Waals surface area contributed by atoms with Crippen LogP contribution in [0.1, 0.15) is 26.3 Å². The van der Waals surface area contributed by atoms with Gasteiger partial charge in [-0.2, -0.15) is 0 Å². The van der Waals surface area contributed by atoms with Crippen LogP contribution in [0.15, 0.2) is 47.4 Å². The van der Waals surface area contributed by atoms with E-state index in [0.717, 1.165) is 32.8 Å². The van der Waals surface area contributed by atoms with Crippen molar-refractivity contribution >= 4 is 29.4 Å². The summed E-state index contributed by atoms with van der Waals surface area (Å²) in [5, 5.41) is 10.8. The molecule has 22 heavy (non-hydrogen) atoms. The van der Waals surface area contributed by atoms with Gasteiger partial charge in [-0.3, -0.25) is 19.7 Å². The van der Waals surface area contributed by atoms with Gasteiger partial charge in [0, 0.05) is 17.0 Å². The van der Waals surface area contributed by atoms with Gasteiger partial charge in [-0.1, -0.05) is 17.7 Å². The predicted octanol–water partition coefficient (Wildman–Crippen LogP) is 3.21. The third-order valence-corrected chi connectivity index (χ3v) is 4.26. The van der Waals surface area contributed by atoms with Crippen molar-refractivity contribution in [2.75, 3.05) is 0 Å². The fraction of sp³-hybridized carbons (Fsp3) is 0.0667. The first-order chi connectivity index (χ1) is 10.5. The fourth-order valence-corrected chi connectivity index (χ4v) is 2.94. The molecule has 1 heterocycles. The molecule has 2 aromatic carbocycles. The number of nitrogens with zero attached hydrogens (tertiary/aromatic N) is 2. The summed E-state index contributed by atoms with van der Waals surface area (Å²) in [6, 6.07) is 11.1. The Morgan fingerprint density at radius 1 is 1.00 bits per heavy atom. The molecule has 0 saturated carbocycles. The number of aryl methyl sites for hydroxylation is 1. The highest BCUT2D eigenvalue weighted by Crippen LogP contribution is 2.34. The van der Waals surface area contributed by atoms with Crippen LogP contribution >= 0.6 is 11.9 Å². The first-order valence-electron chi connectivity index (χ1n) is 6.39. The maximum absolute atomic E-state index is 12.3. The predicted molar refractivity (Wildman–Crippen MR) is 80.6 cm³/mol. The van der Waals surface area contributed by atoms with E-state index in [0.29, 0.717) is 0 Å². The van der Waals surface area contributed by atoms with Crippen molar-refractivity contribution in [1.82, 2.24) is 4.31 Å². The average molecular weight is 314 g/mol. The molecule has 0 radical (unpaired) electrons. The topological polar surface area (TPSA) is 80.5 Å². The lowest BCUT2D eigenvalue weighted by atomic mass is 10.1. The van der Waals surface area contributed by atoms with E-state index in [2.05, 4.69) is 0 Å². The molecular weight excluding hydrogens is 304 g/mol. The van der Waals surface area contributed by atoms with Crippen LogP contribution in [-0.4, -0.2) is 21.0 Å². The van der Waals surface area contributed by atoms with Crippen molar-refractivity contribution in [2.24, 2.45) is 0 Å². The Morgan fingerprint density at radius 3 is 2.27 bits per heavy atom. The van der Waals surface area contributed by atoms with E-state index in [4.69, 9.17) is 0 Å². The zero-order valence-electron chi connectivity index (χ0n) is 11.5. The normalized spacial score (nSPS) is 13.4. The number of imide groups is 1. The molecule has 0 aromatic heterocycles. The Labute approximate surface area is 130 Å². The molecule has 0 fully saturated rings. The molecule has 0 N–H and O–H groups in total. The number of carbonyl (C=O) groups is 2. The number of non-ortho nitro benzene ring substituents is 1. The summed E-state index contributed by atoms with van der Waals surface area (Å²) in [5.74, 6) is -0.991. The van der Waals surface area contributed by atoms with Crippen molar-refractivity contribution < 1.29 is 14.5 Å². The number of carbonyl (C=O) groups excluding carboxylic acids is 2. The highest BCUT2D eigenvalue weighted by Gasteiger charge is 2.37. The molecule has 3 rings (SSSR count). The third kappa shape index (κ3) is 2.35.